The fourth-order valence-electron chi connectivity index (χ4n) is 3.51. The van der Waals surface area contributed by atoms with Gasteiger partial charge in [-0.25, -0.2) is 4.79 Å². The van der Waals surface area contributed by atoms with E-state index in [1.54, 1.807) is 12.1 Å². The minimum atomic E-state index is -0.874. The standard InChI is InChI=1S/C23H27N3O6/c1-14(15-8-6-5-7-9-15)25-23(29)26-18(12-21(26)27)22(28)24-13-17-19(31-3)10-16(30-2)11-20(17)32-4/h5-11,14,18H,12-13H2,1-4H3,(H,24,28)(H,25,29). The van der Waals surface area contributed by atoms with Gasteiger partial charge in [-0.2, -0.15) is 0 Å². The van der Waals surface area contributed by atoms with Crippen LogP contribution in [-0.4, -0.2) is 50.1 Å². The topological polar surface area (TPSA) is 106 Å². The van der Waals surface area contributed by atoms with Crippen LogP contribution in [0.5, 0.6) is 17.2 Å². The molecule has 0 aromatic heterocycles. The lowest BCUT2D eigenvalue weighted by atomic mass is 10.0. The molecule has 4 amide bonds. The number of hydrogen-bond acceptors (Lipinski definition) is 6. The van der Waals surface area contributed by atoms with Crippen molar-refractivity contribution in [3.63, 3.8) is 0 Å². The van der Waals surface area contributed by atoms with Crippen LogP contribution in [0.1, 0.15) is 30.5 Å². The van der Waals surface area contributed by atoms with Gasteiger partial charge in [-0.1, -0.05) is 30.3 Å². The molecule has 1 heterocycles. The van der Waals surface area contributed by atoms with Crippen molar-refractivity contribution in [3.05, 3.63) is 53.6 Å². The third kappa shape index (κ3) is 4.77. The lowest BCUT2D eigenvalue weighted by Crippen LogP contribution is -2.64. The van der Waals surface area contributed by atoms with Gasteiger partial charge in [0.1, 0.15) is 23.3 Å². The van der Waals surface area contributed by atoms with E-state index in [1.165, 1.54) is 21.3 Å². The van der Waals surface area contributed by atoms with Gasteiger partial charge in [0.15, 0.2) is 0 Å². The molecule has 0 bridgehead atoms. The molecular formula is C23H27N3O6. The van der Waals surface area contributed by atoms with E-state index in [4.69, 9.17) is 14.2 Å². The maximum absolute atomic E-state index is 12.7. The summed E-state index contributed by atoms with van der Waals surface area (Å²) in [4.78, 5) is 38.4. The first-order chi connectivity index (χ1) is 15.4. The number of nitrogens with one attached hydrogen (secondary N) is 2. The van der Waals surface area contributed by atoms with Crippen molar-refractivity contribution in [1.29, 1.82) is 0 Å². The molecule has 32 heavy (non-hydrogen) atoms. The van der Waals surface area contributed by atoms with Crippen LogP contribution >= 0.6 is 0 Å². The molecule has 9 nitrogen and oxygen atoms in total. The predicted octanol–water partition coefficient (Wildman–Crippen LogP) is 2.40. The average Bonchev–Trinajstić information content (AvgIpc) is 2.80. The second-order valence-corrected chi connectivity index (χ2v) is 7.29. The van der Waals surface area contributed by atoms with Gasteiger partial charge in [0, 0.05) is 12.1 Å². The van der Waals surface area contributed by atoms with Crippen LogP contribution in [-0.2, 0) is 16.1 Å². The number of nitrogens with zero attached hydrogens (tertiary/aromatic N) is 1. The van der Waals surface area contributed by atoms with Crippen LogP contribution in [0.3, 0.4) is 0 Å². The normalized spacial score (nSPS) is 15.9. The van der Waals surface area contributed by atoms with Crippen molar-refractivity contribution in [2.75, 3.05) is 21.3 Å². The molecule has 0 spiro atoms. The number of likely N-dealkylation sites (tertiary alicyclic amines) is 1. The van der Waals surface area contributed by atoms with E-state index in [0.717, 1.165) is 10.5 Å². The minimum absolute atomic E-state index is 0.0319. The monoisotopic (exact) mass is 441 g/mol. The first-order valence-electron chi connectivity index (χ1n) is 10.1. The van der Waals surface area contributed by atoms with Crippen molar-refractivity contribution in [2.24, 2.45) is 0 Å². The van der Waals surface area contributed by atoms with Gasteiger partial charge in [-0.15, -0.1) is 0 Å². The lowest BCUT2D eigenvalue weighted by molar-refractivity contribution is -0.149. The highest BCUT2D eigenvalue weighted by atomic mass is 16.5. The highest BCUT2D eigenvalue weighted by Gasteiger charge is 2.45. The van der Waals surface area contributed by atoms with Gasteiger partial charge in [-0.05, 0) is 12.5 Å². The molecule has 3 rings (SSSR count). The number of carbonyl (C=O) groups excluding carboxylic acids is 3. The van der Waals surface area contributed by atoms with E-state index < -0.39 is 23.9 Å². The van der Waals surface area contributed by atoms with Crippen LogP contribution in [0.15, 0.2) is 42.5 Å². The maximum Gasteiger partial charge on any atom is 0.325 e. The Hall–Kier alpha value is -3.75. The Morgan fingerprint density at radius 2 is 1.69 bits per heavy atom. The fourth-order valence-corrected chi connectivity index (χ4v) is 3.51. The lowest BCUT2D eigenvalue weighted by Gasteiger charge is -2.37. The second-order valence-electron chi connectivity index (χ2n) is 7.29. The van der Waals surface area contributed by atoms with E-state index in [1.807, 2.05) is 37.3 Å². The fraction of sp³-hybridized carbons (Fsp3) is 0.348. The number of β-lactam (4-membered cyclic amide) rings is 1. The van der Waals surface area contributed by atoms with Crippen LogP contribution in [0.2, 0.25) is 0 Å². The number of ether oxygens (including phenoxy) is 3. The van der Waals surface area contributed by atoms with Gasteiger partial charge < -0.3 is 24.8 Å². The molecule has 1 aliphatic heterocycles. The summed E-state index contributed by atoms with van der Waals surface area (Å²) in [5.41, 5.74) is 1.51. The van der Waals surface area contributed by atoms with Gasteiger partial charge in [-0.3, -0.25) is 14.5 Å². The van der Waals surface area contributed by atoms with E-state index in [2.05, 4.69) is 10.6 Å². The molecular weight excluding hydrogens is 414 g/mol. The summed E-state index contributed by atoms with van der Waals surface area (Å²) in [6, 6.07) is 10.9. The zero-order valence-electron chi connectivity index (χ0n) is 18.5. The van der Waals surface area contributed by atoms with Crippen LogP contribution in [0.25, 0.3) is 0 Å². The van der Waals surface area contributed by atoms with Gasteiger partial charge in [0.2, 0.25) is 11.8 Å². The van der Waals surface area contributed by atoms with Gasteiger partial charge >= 0.3 is 6.03 Å². The van der Waals surface area contributed by atoms with Gasteiger partial charge in [0.05, 0.1) is 45.9 Å². The van der Waals surface area contributed by atoms with E-state index in [0.29, 0.717) is 22.8 Å². The molecule has 1 aliphatic rings. The minimum Gasteiger partial charge on any atom is -0.496 e. The quantitative estimate of drug-likeness (QED) is 0.610. The molecule has 2 unspecified atom stereocenters. The Morgan fingerprint density at radius 1 is 1.06 bits per heavy atom. The van der Waals surface area contributed by atoms with Crippen molar-refractivity contribution < 1.29 is 28.6 Å². The number of hydrogen-bond donors (Lipinski definition) is 2. The highest BCUT2D eigenvalue weighted by molar-refractivity contribution is 6.07. The maximum atomic E-state index is 12.7. The highest BCUT2D eigenvalue weighted by Crippen LogP contribution is 2.34. The molecule has 2 aromatic rings. The Kier molecular flexibility index (Phi) is 7.19. The summed E-state index contributed by atoms with van der Waals surface area (Å²) >= 11 is 0. The Balaban J connectivity index is 1.65. The molecule has 0 radical (unpaired) electrons. The second kappa shape index (κ2) is 10.0. The number of benzene rings is 2. The molecule has 9 heteroatoms. The summed E-state index contributed by atoms with van der Waals surface area (Å²) < 4.78 is 16.0. The number of methoxy groups -OCH3 is 3. The summed E-state index contributed by atoms with van der Waals surface area (Å²) in [5.74, 6) is 0.679. The predicted molar refractivity (Wildman–Crippen MR) is 117 cm³/mol. The van der Waals surface area contributed by atoms with Crippen LogP contribution < -0.4 is 24.8 Å². The molecule has 2 aromatic carbocycles. The number of urea groups is 1. The van der Waals surface area contributed by atoms with Crippen LogP contribution in [0, 0.1) is 0 Å². The first kappa shape index (κ1) is 22.9. The molecule has 1 fully saturated rings. The van der Waals surface area contributed by atoms with Crippen molar-refractivity contribution in [3.8, 4) is 17.2 Å². The summed E-state index contributed by atoms with van der Waals surface area (Å²) in [6.07, 6.45) is -0.0319. The zero-order chi connectivity index (χ0) is 23.3. The van der Waals surface area contributed by atoms with Crippen molar-refractivity contribution in [2.45, 2.75) is 32.0 Å². The van der Waals surface area contributed by atoms with Crippen molar-refractivity contribution >= 4 is 17.8 Å². The summed E-state index contributed by atoms with van der Waals surface area (Å²) in [5, 5.41) is 5.53. The summed E-state index contributed by atoms with van der Waals surface area (Å²) in [6.45, 7) is 1.91. The van der Waals surface area contributed by atoms with E-state index in [9.17, 15) is 14.4 Å². The zero-order valence-corrected chi connectivity index (χ0v) is 18.5. The summed E-state index contributed by atoms with van der Waals surface area (Å²) in [7, 11) is 4.54. The van der Waals surface area contributed by atoms with Crippen molar-refractivity contribution in [1.82, 2.24) is 15.5 Å². The molecule has 2 atom stereocenters. The van der Waals surface area contributed by atoms with Gasteiger partial charge in [0.25, 0.3) is 0 Å². The molecule has 0 aliphatic carbocycles. The first-order valence-corrected chi connectivity index (χ1v) is 10.1. The number of carbonyl (C=O) groups is 3. The Labute approximate surface area is 186 Å². The number of rotatable bonds is 8. The van der Waals surface area contributed by atoms with Crippen LogP contribution in [0.4, 0.5) is 4.79 Å². The smallest absolute Gasteiger partial charge is 0.325 e. The molecule has 1 saturated heterocycles. The molecule has 2 N–H and O–H groups in total. The molecule has 0 saturated carbocycles. The molecule has 170 valence electrons. The third-order valence-corrected chi connectivity index (χ3v) is 5.37. The Morgan fingerprint density at radius 3 is 2.22 bits per heavy atom. The van der Waals surface area contributed by atoms with E-state index in [-0.39, 0.29) is 19.0 Å². The van der Waals surface area contributed by atoms with E-state index >= 15 is 0 Å². The largest absolute Gasteiger partial charge is 0.496 e. The SMILES string of the molecule is COc1cc(OC)c(CNC(=O)C2CC(=O)N2C(=O)NC(C)c2ccccc2)c(OC)c1. The Bertz CT molecular complexity index is 969. The number of imide groups is 1. The third-order valence-electron chi connectivity index (χ3n) is 5.37. The average molecular weight is 441 g/mol. The number of amides is 4.